The fourth-order valence-electron chi connectivity index (χ4n) is 3.69. The number of sulfonamides is 1. The molecule has 1 fully saturated rings. The summed E-state index contributed by atoms with van der Waals surface area (Å²) in [7, 11) is -2.18. The Morgan fingerprint density at radius 1 is 1.19 bits per heavy atom. The van der Waals surface area contributed by atoms with Gasteiger partial charge < -0.3 is 10.1 Å². The van der Waals surface area contributed by atoms with Crippen LogP contribution in [0.1, 0.15) is 31.2 Å². The lowest BCUT2D eigenvalue weighted by Gasteiger charge is -2.36. The molecule has 3 rings (SSSR count). The van der Waals surface area contributed by atoms with E-state index in [1.165, 1.54) is 6.07 Å². The van der Waals surface area contributed by atoms with Gasteiger partial charge in [-0.1, -0.05) is 24.3 Å². The molecule has 2 aromatic carbocycles. The molecule has 0 amide bonds. The third kappa shape index (κ3) is 4.07. The fourth-order valence-corrected chi connectivity index (χ4v) is 4.40. The second-order valence-electron chi connectivity index (χ2n) is 6.89. The SMILES string of the molecule is COc1cccc([C@]2(C#N)CC[C@@H](Nc3ccccc3S(N)(=O)=O)CC2)c1. The minimum atomic E-state index is -3.79. The van der Waals surface area contributed by atoms with Gasteiger partial charge in [-0.25, -0.2) is 13.6 Å². The van der Waals surface area contributed by atoms with Crippen LogP contribution in [0.2, 0.25) is 0 Å². The lowest BCUT2D eigenvalue weighted by atomic mass is 9.69. The molecule has 0 spiro atoms. The zero-order valence-corrected chi connectivity index (χ0v) is 16.0. The number of nitrogens with one attached hydrogen (secondary N) is 1. The summed E-state index contributed by atoms with van der Waals surface area (Å²) in [5.74, 6) is 0.740. The Bertz CT molecular complexity index is 958. The summed E-state index contributed by atoms with van der Waals surface area (Å²) in [6, 6.07) is 16.9. The van der Waals surface area contributed by atoms with Crippen LogP contribution in [0.4, 0.5) is 5.69 Å². The molecule has 1 aliphatic rings. The maximum absolute atomic E-state index is 11.8. The van der Waals surface area contributed by atoms with Crippen molar-refractivity contribution in [2.45, 2.75) is 42.0 Å². The van der Waals surface area contributed by atoms with Crippen molar-refractivity contribution in [1.82, 2.24) is 0 Å². The smallest absolute Gasteiger partial charge is 0.240 e. The van der Waals surface area contributed by atoms with Gasteiger partial charge >= 0.3 is 0 Å². The standard InChI is InChI=1S/C20H23N3O3S/c1-26-17-6-4-5-15(13-17)20(14-21)11-9-16(10-12-20)23-18-7-2-3-8-19(18)27(22,24)25/h2-8,13,16,23H,9-12H2,1H3,(H2,22,24,25)/t16-,20-. The molecule has 0 atom stereocenters. The number of ether oxygens (including phenoxy) is 1. The summed E-state index contributed by atoms with van der Waals surface area (Å²) >= 11 is 0. The molecule has 7 heteroatoms. The van der Waals surface area contributed by atoms with E-state index in [4.69, 9.17) is 9.88 Å². The molecule has 0 heterocycles. The van der Waals surface area contributed by atoms with Gasteiger partial charge in [0, 0.05) is 6.04 Å². The molecule has 142 valence electrons. The number of methoxy groups -OCH3 is 1. The molecule has 3 N–H and O–H groups in total. The number of hydrogen-bond donors (Lipinski definition) is 2. The van der Waals surface area contributed by atoms with Gasteiger partial charge in [-0.15, -0.1) is 0 Å². The normalized spacial score (nSPS) is 22.6. The van der Waals surface area contributed by atoms with Crippen LogP contribution in [-0.4, -0.2) is 21.6 Å². The first-order valence-corrected chi connectivity index (χ1v) is 10.4. The number of para-hydroxylation sites is 1. The van der Waals surface area contributed by atoms with Crippen molar-refractivity contribution in [1.29, 1.82) is 5.26 Å². The highest BCUT2D eigenvalue weighted by Gasteiger charge is 2.37. The number of nitrogens with zero attached hydrogens (tertiary/aromatic N) is 1. The lowest BCUT2D eigenvalue weighted by molar-refractivity contribution is 0.342. The highest BCUT2D eigenvalue weighted by atomic mass is 32.2. The number of primary sulfonamides is 1. The van der Waals surface area contributed by atoms with Crippen molar-refractivity contribution in [2.24, 2.45) is 5.14 Å². The minimum absolute atomic E-state index is 0.0833. The summed E-state index contributed by atoms with van der Waals surface area (Å²) < 4.78 is 28.8. The van der Waals surface area contributed by atoms with Crippen molar-refractivity contribution in [3.63, 3.8) is 0 Å². The summed E-state index contributed by atoms with van der Waals surface area (Å²) in [5, 5.41) is 18.5. The number of anilines is 1. The third-order valence-electron chi connectivity index (χ3n) is 5.23. The van der Waals surface area contributed by atoms with E-state index in [-0.39, 0.29) is 10.9 Å². The van der Waals surface area contributed by atoms with E-state index in [0.717, 1.165) is 24.2 Å². The van der Waals surface area contributed by atoms with Gasteiger partial charge in [0.05, 0.1) is 24.3 Å². The van der Waals surface area contributed by atoms with Gasteiger partial charge in [0.25, 0.3) is 0 Å². The van der Waals surface area contributed by atoms with Crippen LogP contribution in [0.15, 0.2) is 53.4 Å². The van der Waals surface area contributed by atoms with Gasteiger partial charge in [-0.3, -0.25) is 0 Å². The molecular weight excluding hydrogens is 362 g/mol. The van der Waals surface area contributed by atoms with E-state index in [1.54, 1.807) is 25.3 Å². The lowest BCUT2D eigenvalue weighted by Crippen LogP contribution is -2.35. The zero-order chi connectivity index (χ0) is 19.5. The Morgan fingerprint density at radius 3 is 2.52 bits per heavy atom. The second-order valence-corrected chi connectivity index (χ2v) is 8.42. The predicted molar refractivity (Wildman–Crippen MR) is 104 cm³/mol. The maximum atomic E-state index is 11.8. The average molecular weight is 385 g/mol. The molecule has 0 aliphatic heterocycles. The molecule has 1 aliphatic carbocycles. The van der Waals surface area contributed by atoms with Crippen molar-refractivity contribution in [2.75, 3.05) is 12.4 Å². The summed E-state index contributed by atoms with van der Waals surface area (Å²) in [6.45, 7) is 0. The van der Waals surface area contributed by atoms with E-state index < -0.39 is 15.4 Å². The van der Waals surface area contributed by atoms with E-state index in [1.807, 2.05) is 24.3 Å². The van der Waals surface area contributed by atoms with Crippen molar-refractivity contribution >= 4 is 15.7 Å². The fraction of sp³-hybridized carbons (Fsp3) is 0.350. The summed E-state index contributed by atoms with van der Waals surface area (Å²) in [5.41, 5.74) is 0.926. The molecule has 0 aromatic heterocycles. The zero-order valence-electron chi connectivity index (χ0n) is 15.2. The highest BCUT2D eigenvalue weighted by molar-refractivity contribution is 7.89. The predicted octanol–water partition coefficient (Wildman–Crippen LogP) is 3.16. The molecular formula is C20H23N3O3S. The quantitative estimate of drug-likeness (QED) is 0.822. The Morgan fingerprint density at radius 2 is 1.89 bits per heavy atom. The van der Waals surface area contributed by atoms with Crippen LogP contribution in [0.5, 0.6) is 5.75 Å². The Kier molecular flexibility index (Phi) is 5.40. The Balaban J connectivity index is 1.76. The first-order chi connectivity index (χ1) is 12.9. The number of nitriles is 1. The van der Waals surface area contributed by atoms with Crippen molar-refractivity contribution < 1.29 is 13.2 Å². The van der Waals surface area contributed by atoms with Gasteiger partial charge in [0.15, 0.2) is 0 Å². The maximum Gasteiger partial charge on any atom is 0.240 e. The first kappa shape index (κ1) is 19.2. The second kappa shape index (κ2) is 7.59. The average Bonchev–Trinajstić information content (AvgIpc) is 2.68. The number of nitrogens with two attached hydrogens (primary N) is 1. The molecule has 0 bridgehead atoms. The topological polar surface area (TPSA) is 105 Å². The van der Waals surface area contributed by atoms with Crippen LogP contribution in [-0.2, 0) is 15.4 Å². The van der Waals surface area contributed by atoms with Crippen LogP contribution in [0.25, 0.3) is 0 Å². The van der Waals surface area contributed by atoms with Gasteiger partial charge in [-0.2, -0.15) is 5.26 Å². The number of benzene rings is 2. The van der Waals surface area contributed by atoms with Gasteiger partial charge in [0.2, 0.25) is 10.0 Å². The number of hydrogen-bond acceptors (Lipinski definition) is 5. The van der Waals surface area contributed by atoms with Crippen LogP contribution in [0, 0.1) is 11.3 Å². The monoisotopic (exact) mass is 385 g/mol. The van der Waals surface area contributed by atoms with E-state index in [2.05, 4.69) is 11.4 Å². The van der Waals surface area contributed by atoms with Gasteiger partial charge in [-0.05, 0) is 55.5 Å². The van der Waals surface area contributed by atoms with E-state index in [0.29, 0.717) is 18.5 Å². The Labute approximate surface area is 160 Å². The Hall–Kier alpha value is -2.56. The molecule has 27 heavy (non-hydrogen) atoms. The van der Waals surface area contributed by atoms with Crippen LogP contribution in [0.3, 0.4) is 0 Å². The highest BCUT2D eigenvalue weighted by Crippen LogP contribution is 2.41. The molecule has 0 radical (unpaired) electrons. The number of rotatable bonds is 5. The van der Waals surface area contributed by atoms with Gasteiger partial charge in [0.1, 0.15) is 10.6 Å². The molecule has 0 unspecified atom stereocenters. The molecule has 6 nitrogen and oxygen atoms in total. The minimum Gasteiger partial charge on any atom is -0.497 e. The van der Waals surface area contributed by atoms with E-state index in [9.17, 15) is 13.7 Å². The van der Waals surface area contributed by atoms with Crippen LogP contribution < -0.4 is 15.2 Å². The van der Waals surface area contributed by atoms with E-state index >= 15 is 0 Å². The summed E-state index contributed by atoms with van der Waals surface area (Å²) in [6.07, 6.45) is 2.88. The molecule has 1 saturated carbocycles. The largest absolute Gasteiger partial charge is 0.497 e. The van der Waals surface area contributed by atoms with Crippen molar-refractivity contribution in [3.05, 3.63) is 54.1 Å². The van der Waals surface area contributed by atoms with Crippen LogP contribution >= 0.6 is 0 Å². The molecule has 2 aromatic rings. The summed E-state index contributed by atoms with van der Waals surface area (Å²) in [4.78, 5) is 0.0925. The third-order valence-corrected chi connectivity index (χ3v) is 6.20. The first-order valence-electron chi connectivity index (χ1n) is 8.82. The molecule has 0 saturated heterocycles. The van der Waals surface area contributed by atoms with Crippen molar-refractivity contribution in [3.8, 4) is 11.8 Å².